The third-order valence-electron chi connectivity index (χ3n) is 5.66. The Balaban J connectivity index is 1.51. The van der Waals surface area contributed by atoms with Crippen molar-refractivity contribution in [1.29, 1.82) is 0 Å². The van der Waals surface area contributed by atoms with E-state index < -0.39 is 0 Å². The highest BCUT2D eigenvalue weighted by Gasteiger charge is 2.20. The van der Waals surface area contributed by atoms with Crippen LogP contribution in [0.3, 0.4) is 0 Å². The third kappa shape index (κ3) is 4.51. The lowest BCUT2D eigenvalue weighted by Crippen LogP contribution is -2.32. The number of benzene rings is 2. The number of carbonyl (C=O) groups excluding carboxylic acids is 1. The van der Waals surface area contributed by atoms with Crippen LogP contribution in [0, 0.1) is 0 Å². The Labute approximate surface area is 200 Å². The van der Waals surface area contributed by atoms with E-state index in [1.54, 1.807) is 18.7 Å². The van der Waals surface area contributed by atoms with Gasteiger partial charge in [0.25, 0.3) is 0 Å². The molecule has 176 valence electrons. The number of hydrogen-bond acceptors (Lipinski definition) is 8. The number of hydrogen-bond donors (Lipinski definition) is 1. The predicted molar refractivity (Wildman–Crippen MR) is 130 cm³/mol. The number of nitrogens with zero attached hydrogens (tertiary/aromatic N) is 4. The molecule has 0 bridgehead atoms. The number of methoxy groups -OCH3 is 2. The van der Waals surface area contributed by atoms with Crippen LogP contribution in [-0.2, 0) is 9.53 Å². The van der Waals surface area contributed by atoms with Crippen LogP contribution in [0.1, 0.15) is 12.8 Å². The Bertz CT molecular complexity index is 1320. The maximum atomic E-state index is 12.5. The molecule has 4 aromatic rings. The van der Waals surface area contributed by atoms with Crippen molar-refractivity contribution in [1.82, 2.24) is 24.9 Å². The summed E-state index contributed by atoms with van der Waals surface area (Å²) in [6.45, 7) is 1.29. The molecule has 1 amide bonds. The quantitative estimate of drug-likeness (QED) is 0.303. The highest BCUT2D eigenvalue weighted by Crippen LogP contribution is 2.35. The summed E-state index contributed by atoms with van der Waals surface area (Å²) in [5, 5.41) is 9.01. The summed E-state index contributed by atoms with van der Waals surface area (Å²) >= 11 is 1.31. The molecule has 1 aliphatic rings. The van der Waals surface area contributed by atoms with Crippen LogP contribution in [0.5, 0.6) is 11.5 Å². The van der Waals surface area contributed by atoms with E-state index in [0.717, 1.165) is 30.4 Å². The fourth-order valence-corrected chi connectivity index (χ4v) is 4.70. The molecule has 2 aromatic heterocycles. The topological polar surface area (TPSA) is 99.9 Å². The van der Waals surface area contributed by atoms with Gasteiger partial charge in [-0.15, -0.1) is 5.10 Å². The second-order valence-corrected chi connectivity index (χ2v) is 8.83. The van der Waals surface area contributed by atoms with Crippen molar-refractivity contribution < 1.29 is 19.0 Å². The lowest BCUT2D eigenvalue weighted by molar-refractivity contribution is -0.119. The van der Waals surface area contributed by atoms with Gasteiger partial charge in [-0.25, -0.2) is 9.97 Å². The highest BCUT2D eigenvalue weighted by atomic mass is 32.2. The van der Waals surface area contributed by atoms with Gasteiger partial charge in [0.15, 0.2) is 28.1 Å². The van der Waals surface area contributed by atoms with Gasteiger partial charge in [0.2, 0.25) is 5.91 Å². The Hall–Kier alpha value is -3.37. The number of rotatable bonds is 8. The van der Waals surface area contributed by atoms with Gasteiger partial charge < -0.3 is 19.5 Å². The van der Waals surface area contributed by atoms with E-state index in [2.05, 4.69) is 5.32 Å². The number of amides is 1. The molecule has 1 aliphatic heterocycles. The molecule has 3 heterocycles. The number of thioether (sulfide) groups is 1. The summed E-state index contributed by atoms with van der Waals surface area (Å²) in [4.78, 5) is 22.1. The standard InChI is InChI=1S/C24H25N5O4S/c1-31-19-11-17-18(12-20(19)32-2)26-24(34-14-21(30)25-13-16-9-6-10-33-16)29-23(17)27-22(28-29)15-7-4-3-5-8-15/h3-5,7-8,11-12,16H,6,9-10,13-14H2,1-2H3,(H,25,30). The van der Waals surface area contributed by atoms with Crippen molar-refractivity contribution in [2.24, 2.45) is 0 Å². The Morgan fingerprint density at radius 1 is 1.18 bits per heavy atom. The minimum Gasteiger partial charge on any atom is -0.493 e. The largest absolute Gasteiger partial charge is 0.493 e. The predicted octanol–water partition coefficient (Wildman–Crippen LogP) is 3.35. The van der Waals surface area contributed by atoms with Crippen LogP contribution < -0.4 is 14.8 Å². The van der Waals surface area contributed by atoms with E-state index in [1.165, 1.54) is 11.8 Å². The van der Waals surface area contributed by atoms with Crippen LogP contribution in [0.2, 0.25) is 0 Å². The van der Waals surface area contributed by atoms with Crippen LogP contribution in [-0.4, -0.2) is 64.7 Å². The molecule has 9 nitrogen and oxygen atoms in total. The second-order valence-electron chi connectivity index (χ2n) is 7.88. The molecular formula is C24H25N5O4S. The van der Waals surface area contributed by atoms with E-state index >= 15 is 0 Å². The lowest BCUT2D eigenvalue weighted by atomic mass is 10.2. The third-order valence-corrected chi connectivity index (χ3v) is 6.59. The molecule has 1 unspecified atom stereocenters. The van der Waals surface area contributed by atoms with Crippen molar-refractivity contribution in [3.63, 3.8) is 0 Å². The first-order valence-corrected chi connectivity index (χ1v) is 12.0. The first-order valence-electron chi connectivity index (χ1n) is 11.1. The summed E-state index contributed by atoms with van der Waals surface area (Å²) in [7, 11) is 3.17. The van der Waals surface area contributed by atoms with E-state index in [4.69, 9.17) is 29.3 Å². The average Bonchev–Trinajstić information content (AvgIpc) is 3.56. The van der Waals surface area contributed by atoms with Crippen LogP contribution in [0.15, 0.2) is 47.6 Å². The first-order chi connectivity index (χ1) is 16.7. The van der Waals surface area contributed by atoms with Crippen molar-refractivity contribution in [2.45, 2.75) is 24.1 Å². The fraction of sp³-hybridized carbons (Fsp3) is 0.333. The summed E-state index contributed by atoms with van der Waals surface area (Å²) < 4.78 is 18.2. The van der Waals surface area contributed by atoms with Gasteiger partial charge in [-0.3, -0.25) is 4.79 Å². The van der Waals surface area contributed by atoms with Crippen LogP contribution >= 0.6 is 11.8 Å². The number of ether oxygens (including phenoxy) is 3. The molecule has 0 aliphatic carbocycles. The van der Waals surface area contributed by atoms with Gasteiger partial charge in [0.05, 0.1) is 31.6 Å². The molecule has 2 aromatic carbocycles. The number of carbonyl (C=O) groups is 1. The van der Waals surface area contributed by atoms with E-state index in [-0.39, 0.29) is 17.8 Å². The van der Waals surface area contributed by atoms with Gasteiger partial charge >= 0.3 is 0 Å². The molecule has 1 fully saturated rings. The second kappa shape index (κ2) is 9.86. The Morgan fingerprint density at radius 3 is 2.71 bits per heavy atom. The Morgan fingerprint density at radius 2 is 1.97 bits per heavy atom. The van der Waals surface area contributed by atoms with Gasteiger partial charge in [-0.2, -0.15) is 4.52 Å². The molecule has 1 N–H and O–H groups in total. The molecule has 34 heavy (non-hydrogen) atoms. The summed E-state index contributed by atoms with van der Waals surface area (Å²) in [5.41, 5.74) is 2.21. The van der Waals surface area contributed by atoms with E-state index in [9.17, 15) is 4.79 Å². The van der Waals surface area contributed by atoms with Crippen molar-refractivity contribution in [2.75, 3.05) is 33.1 Å². The van der Waals surface area contributed by atoms with Crippen LogP contribution in [0.4, 0.5) is 0 Å². The van der Waals surface area contributed by atoms with Gasteiger partial charge in [-0.05, 0) is 18.9 Å². The normalized spacial score (nSPS) is 15.6. The maximum Gasteiger partial charge on any atom is 0.230 e. The number of fused-ring (bicyclic) bond motifs is 3. The summed E-state index contributed by atoms with van der Waals surface area (Å²) in [6, 6.07) is 13.4. The zero-order chi connectivity index (χ0) is 23.5. The molecule has 0 radical (unpaired) electrons. The molecule has 0 spiro atoms. The van der Waals surface area contributed by atoms with Gasteiger partial charge in [-0.1, -0.05) is 42.1 Å². The molecule has 1 saturated heterocycles. The lowest BCUT2D eigenvalue weighted by Gasteiger charge is -2.12. The van der Waals surface area contributed by atoms with Crippen molar-refractivity contribution >= 4 is 34.2 Å². The first kappa shape index (κ1) is 22.4. The van der Waals surface area contributed by atoms with Crippen LogP contribution in [0.25, 0.3) is 27.9 Å². The minimum absolute atomic E-state index is 0.0775. The van der Waals surface area contributed by atoms with E-state index in [0.29, 0.717) is 40.2 Å². The molecule has 1 atom stereocenters. The van der Waals surface area contributed by atoms with Crippen molar-refractivity contribution in [3.05, 3.63) is 42.5 Å². The highest BCUT2D eigenvalue weighted by molar-refractivity contribution is 7.99. The SMILES string of the molecule is COc1cc2nc(SCC(=O)NCC3CCCO3)n3nc(-c4ccccc4)nc3c2cc1OC. The average molecular weight is 480 g/mol. The maximum absolute atomic E-state index is 12.5. The van der Waals surface area contributed by atoms with Gasteiger partial charge in [0.1, 0.15) is 0 Å². The zero-order valence-corrected chi connectivity index (χ0v) is 19.8. The fourth-order valence-electron chi connectivity index (χ4n) is 3.93. The summed E-state index contributed by atoms with van der Waals surface area (Å²) in [5.74, 6) is 1.85. The monoisotopic (exact) mass is 479 g/mol. The smallest absolute Gasteiger partial charge is 0.230 e. The molecule has 10 heteroatoms. The molecular weight excluding hydrogens is 454 g/mol. The Kier molecular flexibility index (Phi) is 6.50. The molecule has 5 rings (SSSR count). The number of aromatic nitrogens is 4. The minimum atomic E-state index is -0.0775. The zero-order valence-electron chi connectivity index (χ0n) is 19.0. The van der Waals surface area contributed by atoms with Gasteiger partial charge in [0, 0.05) is 30.2 Å². The van der Waals surface area contributed by atoms with E-state index in [1.807, 2.05) is 42.5 Å². The summed E-state index contributed by atoms with van der Waals surface area (Å²) in [6.07, 6.45) is 2.12. The number of nitrogens with one attached hydrogen (secondary N) is 1. The van der Waals surface area contributed by atoms with Crippen molar-refractivity contribution in [3.8, 4) is 22.9 Å². The molecule has 0 saturated carbocycles.